The summed E-state index contributed by atoms with van der Waals surface area (Å²) in [7, 11) is 0. The molecular weight excluding hydrogens is 276 g/mol. The highest BCUT2D eigenvalue weighted by Crippen LogP contribution is 2.29. The predicted octanol–water partition coefficient (Wildman–Crippen LogP) is 1.19. The fourth-order valence-corrected chi connectivity index (χ4v) is 2.69. The van der Waals surface area contributed by atoms with Gasteiger partial charge in [-0.2, -0.15) is 5.26 Å². The molecule has 1 saturated heterocycles. The summed E-state index contributed by atoms with van der Waals surface area (Å²) >= 11 is 1.34. The maximum atomic E-state index is 8.96. The number of anilines is 2. The van der Waals surface area contributed by atoms with Crippen molar-refractivity contribution in [1.82, 2.24) is 20.0 Å². The van der Waals surface area contributed by atoms with Gasteiger partial charge in [-0.15, -0.1) is 0 Å². The summed E-state index contributed by atoms with van der Waals surface area (Å²) in [6.07, 6.45) is 4.77. The van der Waals surface area contributed by atoms with Gasteiger partial charge in [-0.3, -0.25) is 0 Å². The number of aromatic nitrogens is 3. The summed E-state index contributed by atoms with van der Waals surface area (Å²) in [5.41, 5.74) is 0. The molecule has 0 unspecified atom stereocenters. The van der Waals surface area contributed by atoms with Gasteiger partial charge in [0.05, 0.1) is 19.4 Å². The highest BCUT2D eigenvalue weighted by molar-refractivity contribution is 7.16. The van der Waals surface area contributed by atoms with Crippen LogP contribution in [0.1, 0.15) is 4.88 Å². The number of hydrogen-bond acceptors (Lipinski definition) is 8. The minimum absolute atomic E-state index is 0.576. The van der Waals surface area contributed by atoms with E-state index in [1.807, 2.05) is 11.1 Å². The Balaban J connectivity index is 1.96. The van der Waals surface area contributed by atoms with Crippen molar-refractivity contribution in [3.8, 4) is 6.07 Å². The van der Waals surface area contributed by atoms with Crippen LogP contribution in [0.2, 0.25) is 0 Å². The molecule has 1 aliphatic heterocycles. The second-order valence-corrected chi connectivity index (χ2v) is 5.07. The van der Waals surface area contributed by atoms with E-state index < -0.39 is 0 Å². The lowest BCUT2D eigenvalue weighted by Crippen LogP contribution is -2.46. The van der Waals surface area contributed by atoms with Crippen molar-refractivity contribution in [2.75, 3.05) is 31.3 Å². The summed E-state index contributed by atoms with van der Waals surface area (Å²) in [4.78, 5) is 13.1. The third-order valence-corrected chi connectivity index (χ3v) is 3.72. The molecule has 20 heavy (non-hydrogen) atoms. The van der Waals surface area contributed by atoms with Crippen LogP contribution in [0.25, 0.3) is 0 Å². The molecule has 0 saturated carbocycles. The van der Waals surface area contributed by atoms with Crippen molar-refractivity contribution in [2.45, 2.75) is 0 Å². The van der Waals surface area contributed by atoms with Gasteiger partial charge < -0.3 is 4.74 Å². The summed E-state index contributed by atoms with van der Waals surface area (Å²) < 4.78 is 5.38. The van der Waals surface area contributed by atoms with Crippen LogP contribution in [0, 0.1) is 11.3 Å². The normalized spacial score (nSPS) is 15.8. The number of hydrogen-bond donors (Lipinski definition) is 0. The Morgan fingerprint density at radius 1 is 1.35 bits per heavy atom. The van der Waals surface area contributed by atoms with Crippen molar-refractivity contribution in [1.29, 1.82) is 5.26 Å². The number of hydrazine groups is 1. The maximum absolute atomic E-state index is 8.96. The first kappa shape index (κ1) is 12.9. The molecule has 3 heterocycles. The SMILES string of the molecule is N#Cc1cnc(N(c2ccncn2)N2CCOCC2)s1. The molecule has 1 aliphatic rings. The molecule has 0 spiro atoms. The van der Waals surface area contributed by atoms with E-state index in [1.54, 1.807) is 12.4 Å². The summed E-state index contributed by atoms with van der Waals surface area (Å²) in [5, 5.41) is 13.7. The van der Waals surface area contributed by atoms with Crippen molar-refractivity contribution in [3.05, 3.63) is 29.7 Å². The number of nitriles is 1. The van der Waals surface area contributed by atoms with E-state index in [0.29, 0.717) is 18.1 Å². The summed E-state index contributed by atoms with van der Waals surface area (Å²) in [5.74, 6) is 0.737. The first-order valence-electron chi connectivity index (χ1n) is 6.13. The van der Waals surface area contributed by atoms with E-state index in [2.05, 4.69) is 26.0 Å². The van der Waals surface area contributed by atoms with Gasteiger partial charge >= 0.3 is 0 Å². The topological polar surface area (TPSA) is 78.2 Å². The molecule has 0 aromatic carbocycles. The van der Waals surface area contributed by atoms with Crippen molar-refractivity contribution in [2.24, 2.45) is 0 Å². The number of morpholine rings is 1. The molecule has 0 atom stereocenters. The fourth-order valence-electron chi connectivity index (χ4n) is 1.94. The lowest BCUT2D eigenvalue weighted by molar-refractivity contribution is 0.0375. The van der Waals surface area contributed by atoms with Crippen LogP contribution in [0.15, 0.2) is 24.8 Å². The van der Waals surface area contributed by atoms with Gasteiger partial charge in [0, 0.05) is 25.4 Å². The number of thiazole rings is 1. The van der Waals surface area contributed by atoms with Crippen LogP contribution in [0.5, 0.6) is 0 Å². The molecule has 0 amide bonds. The van der Waals surface area contributed by atoms with Crippen LogP contribution >= 0.6 is 11.3 Å². The quantitative estimate of drug-likeness (QED) is 0.839. The largest absolute Gasteiger partial charge is 0.379 e. The van der Waals surface area contributed by atoms with Crippen LogP contribution in [-0.4, -0.2) is 46.3 Å². The molecule has 0 N–H and O–H groups in total. The average molecular weight is 288 g/mol. The molecule has 0 aliphatic carbocycles. The van der Waals surface area contributed by atoms with Gasteiger partial charge in [-0.25, -0.2) is 25.0 Å². The molecular formula is C12H12N6OS. The minimum atomic E-state index is 0.576. The van der Waals surface area contributed by atoms with Crippen molar-refractivity contribution < 1.29 is 4.74 Å². The number of ether oxygens (including phenoxy) is 1. The average Bonchev–Trinajstić information content (AvgIpc) is 2.98. The third-order valence-electron chi connectivity index (χ3n) is 2.84. The fraction of sp³-hybridized carbons (Fsp3) is 0.333. The Bertz CT molecular complexity index is 604. The summed E-state index contributed by atoms with van der Waals surface area (Å²) in [6, 6.07) is 3.93. The third kappa shape index (κ3) is 2.60. The molecule has 2 aromatic rings. The van der Waals surface area contributed by atoms with E-state index in [9.17, 15) is 0 Å². The van der Waals surface area contributed by atoms with E-state index in [1.165, 1.54) is 17.7 Å². The zero-order valence-electron chi connectivity index (χ0n) is 10.6. The van der Waals surface area contributed by atoms with Crippen molar-refractivity contribution >= 4 is 22.3 Å². The Hall–Kier alpha value is -2.08. The van der Waals surface area contributed by atoms with E-state index in [4.69, 9.17) is 10.00 Å². The smallest absolute Gasteiger partial charge is 0.207 e. The second-order valence-electron chi connectivity index (χ2n) is 4.06. The standard InChI is InChI=1S/C12H12N6OS/c13-7-10-8-15-12(20-10)18(11-1-2-14-9-16-11)17-3-5-19-6-4-17/h1-2,8-9H,3-6H2. The second kappa shape index (κ2) is 5.92. The molecule has 102 valence electrons. The maximum Gasteiger partial charge on any atom is 0.207 e. The van der Waals surface area contributed by atoms with Gasteiger partial charge in [0.1, 0.15) is 17.3 Å². The summed E-state index contributed by atoms with van der Waals surface area (Å²) in [6.45, 7) is 2.84. The zero-order valence-corrected chi connectivity index (χ0v) is 11.5. The van der Waals surface area contributed by atoms with Gasteiger partial charge in [0.2, 0.25) is 5.13 Å². The van der Waals surface area contributed by atoms with Crippen LogP contribution < -0.4 is 5.01 Å². The van der Waals surface area contributed by atoms with Gasteiger partial charge in [0.15, 0.2) is 5.82 Å². The van der Waals surface area contributed by atoms with Crippen LogP contribution in [-0.2, 0) is 4.74 Å². The highest BCUT2D eigenvalue weighted by atomic mass is 32.1. The van der Waals surface area contributed by atoms with Crippen molar-refractivity contribution in [3.63, 3.8) is 0 Å². The molecule has 1 fully saturated rings. The Morgan fingerprint density at radius 3 is 2.85 bits per heavy atom. The Kier molecular flexibility index (Phi) is 3.83. The number of nitrogens with zero attached hydrogens (tertiary/aromatic N) is 6. The monoisotopic (exact) mass is 288 g/mol. The van der Waals surface area contributed by atoms with Gasteiger partial charge in [-0.05, 0) is 0 Å². The molecule has 3 rings (SSSR count). The Morgan fingerprint density at radius 2 is 2.20 bits per heavy atom. The van der Waals surface area contributed by atoms with E-state index >= 15 is 0 Å². The predicted molar refractivity (Wildman–Crippen MR) is 73.4 cm³/mol. The zero-order chi connectivity index (χ0) is 13.8. The lowest BCUT2D eigenvalue weighted by Gasteiger charge is -2.35. The first-order valence-corrected chi connectivity index (χ1v) is 6.95. The lowest BCUT2D eigenvalue weighted by atomic mass is 10.5. The van der Waals surface area contributed by atoms with Crippen LogP contribution in [0.3, 0.4) is 0 Å². The molecule has 7 nitrogen and oxygen atoms in total. The Labute approximate surface area is 120 Å². The number of rotatable bonds is 3. The molecule has 2 aromatic heterocycles. The van der Waals surface area contributed by atoms with E-state index in [0.717, 1.165) is 24.0 Å². The molecule has 0 bridgehead atoms. The molecule has 8 heteroatoms. The molecule has 0 radical (unpaired) electrons. The highest BCUT2D eigenvalue weighted by Gasteiger charge is 2.24. The van der Waals surface area contributed by atoms with Crippen LogP contribution in [0.4, 0.5) is 10.9 Å². The minimum Gasteiger partial charge on any atom is -0.379 e. The first-order chi connectivity index (χ1) is 9.88. The van der Waals surface area contributed by atoms with Gasteiger partial charge in [0.25, 0.3) is 0 Å². The van der Waals surface area contributed by atoms with E-state index in [-0.39, 0.29) is 0 Å². The van der Waals surface area contributed by atoms with Gasteiger partial charge in [-0.1, -0.05) is 11.3 Å².